The zero-order valence-corrected chi connectivity index (χ0v) is 12.2. The van der Waals surface area contributed by atoms with Gasteiger partial charge in [0.2, 0.25) is 0 Å². The first-order valence-electron chi connectivity index (χ1n) is 7.77. The molecule has 0 aromatic carbocycles. The Morgan fingerprint density at radius 2 is 1.84 bits per heavy atom. The summed E-state index contributed by atoms with van der Waals surface area (Å²) in [5, 5.41) is 15.5. The second kappa shape index (κ2) is 6.12. The molecule has 2 fully saturated rings. The average Bonchev–Trinajstić information content (AvgIpc) is 3.24. The van der Waals surface area contributed by atoms with Crippen molar-refractivity contribution in [1.29, 1.82) is 0 Å². The Balaban J connectivity index is 1.75. The van der Waals surface area contributed by atoms with E-state index in [1.165, 1.54) is 19.3 Å². The zero-order valence-electron chi connectivity index (χ0n) is 12.2. The van der Waals surface area contributed by atoms with Gasteiger partial charge in [-0.15, -0.1) is 0 Å². The van der Waals surface area contributed by atoms with Crippen LogP contribution in [0.2, 0.25) is 0 Å². The SMILES string of the molecule is CCC1CCC(NC(=O)NC(C)(CO)C2CC2)CC1. The fraction of sp³-hybridized carbons (Fsp3) is 0.933. The van der Waals surface area contributed by atoms with Gasteiger partial charge in [-0.05, 0) is 57.3 Å². The summed E-state index contributed by atoms with van der Waals surface area (Å²) in [4.78, 5) is 12.0. The summed E-state index contributed by atoms with van der Waals surface area (Å²) in [5.41, 5.74) is -0.440. The molecule has 2 aliphatic carbocycles. The number of carbonyl (C=O) groups excluding carboxylic acids is 1. The van der Waals surface area contributed by atoms with E-state index in [2.05, 4.69) is 17.6 Å². The van der Waals surface area contributed by atoms with Crippen LogP contribution in [0.25, 0.3) is 0 Å². The van der Waals surface area contributed by atoms with Crippen LogP contribution in [0.4, 0.5) is 4.79 Å². The minimum absolute atomic E-state index is 0.0215. The van der Waals surface area contributed by atoms with E-state index < -0.39 is 5.54 Å². The molecule has 1 atom stereocenters. The minimum Gasteiger partial charge on any atom is -0.394 e. The monoisotopic (exact) mass is 268 g/mol. The van der Waals surface area contributed by atoms with Crippen molar-refractivity contribution in [3.8, 4) is 0 Å². The molecule has 0 radical (unpaired) electrons. The van der Waals surface area contributed by atoms with Gasteiger partial charge in [0.15, 0.2) is 0 Å². The van der Waals surface area contributed by atoms with E-state index in [1.807, 2.05) is 6.92 Å². The predicted octanol–water partition coefficient (Wildman–Crippen LogP) is 2.42. The highest BCUT2D eigenvalue weighted by atomic mass is 16.3. The summed E-state index contributed by atoms with van der Waals surface area (Å²) in [6.45, 7) is 4.21. The van der Waals surface area contributed by atoms with E-state index in [9.17, 15) is 9.90 Å². The Morgan fingerprint density at radius 3 is 2.32 bits per heavy atom. The summed E-state index contributed by atoms with van der Waals surface area (Å²) >= 11 is 0. The van der Waals surface area contributed by atoms with E-state index in [0.29, 0.717) is 12.0 Å². The molecule has 0 spiro atoms. The van der Waals surface area contributed by atoms with Gasteiger partial charge in [0, 0.05) is 6.04 Å². The Hall–Kier alpha value is -0.770. The Bertz CT molecular complexity index is 309. The maximum atomic E-state index is 12.0. The molecule has 2 amide bonds. The summed E-state index contributed by atoms with van der Waals surface area (Å²) in [5.74, 6) is 1.29. The zero-order chi connectivity index (χ0) is 13.9. The van der Waals surface area contributed by atoms with Crippen LogP contribution in [-0.2, 0) is 0 Å². The first-order chi connectivity index (χ1) is 9.07. The number of amides is 2. The van der Waals surface area contributed by atoms with Crippen LogP contribution in [0, 0.1) is 11.8 Å². The molecule has 0 aliphatic heterocycles. The fourth-order valence-corrected chi connectivity index (χ4v) is 3.19. The molecular weight excluding hydrogens is 240 g/mol. The summed E-state index contributed by atoms with van der Waals surface area (Å²) in [6.07, 6.45) is 8.10. The summed E-state index contributed by atoms with van der Waals surface area (Å²) in [6, 6.07) is 0.202. The lowest BCUT2D eigenvalue weighted by molar-refractivity contribution is 0.152. The van der Waals surface area contributed by atoms with Crippen LogP contribution in [-0.4, -0.2) is 29.3 Å². The number of aliphatic hydroxyl groups excluding tert-OH is 1. The molecule has 2 saturated carbocycles. The second-order valence-corrected chi connectivity index (χ2v) is 6.57. The van der Waals surface area contributed by atoms with E-state index in [-0.39, 0.29) is 12.6 Å². The van der Waals surface area contributed by atoms with Crippen molar-refractivity contribution in [2.75, 3.05) is 6.61 Å². The fourth-order valence-electron chi connectivity index (χ4n) is 3.19. The number of hydrogen-bond donors (Lipinski definition) is 3. The topological polar surface area (TPSA) is 61.4 Å². The van der Waals surface area contributed by atoms with Crippen LogP contribution in [0.15, 0.2) is 0 Å². The van der Waals surface area contributed by atoms with Gasteiger partial charge in [-0.3, -0.25) is 0 Å². The predicted molar refractivity (Wildman–Crippen MR) is 75.9 cm³/mol. The number of urea groups is 1. The molecule has 110 valence electrons. The molecule has 0 saturated heterocycles. The lowest BCUT2D eigenvalue weighted by Crippen LogP contribution is -2.56. The molecule has 1 unspecified atom stereocenters. The van der Waals surface area contributed by atoms with Crippen molar-refractivity contribution in [3.05, 3.63) is 0 Å². The number of aliphatic hydroxyl groups is 1. The van der Waals surface area contributed by atoms with Gasteiger partial charge >= 0.3 is 6.03 Å². The highest BCUT2D eigenvalue weighted by Gasteiger charge is 2.42. The van der Waals surface area contributed by atoms with Crippen molar-refractivity contribution < 1.29 is 9.90 Å². The summed E-state index contributed by atoms with van der Waals surface area (Å²) < 4.78 is 0. The number of carbonyl (C=O) groups is 1. The number of rotatable bonds is 5. The Morgan fingerprint density at radius 1 is 1.21 bits per heavy atom. The second-order valence-electron chi connectivity index (χ2n) is 6.57. The maximum Gasteiger partial charge on any atom is 0.315 e. The Labute approximate surface area is 116 Å². The molecule has 3 N–H and O–H groups in total. The number of nitrogens with one attached hydrogen (secondary N) is 2. The average molecular weight is 268 g/mol. The van der Waals surface area contributed by atoms with E-state index >= 15 is 0 Å². The highest BCUT2D eigenvalue weighted by Crippen LogP contribution is 2.39. The van der Waals surface area contributed by atoms with Crippen LogP contribution in [0.5, 0.6) is 0 Å². The van der Waals surface area contributed by atoms with Gasteiger partial charge in [0.05, 0.1) is 12.1 Å². The molecule has 4 heteroatoms. The van der Waals surface area contributed by atoms with Crippen molar-refractivity contribution in [2.45, 2.75) is 70.4 Å². The van der Waals surface area contributed by atoms with Gasteiger partial charge in [-0.25, -0.2) is 4.79 Å². The normalized spacial score (nSPS) is 30.5. The standard InChI is InChI=1S/C15H28N2O2/c1-3-11-4-8-13(9-5-11)16-14(19)17-15(2,10-18)12-6-7-12/h11-13,18H,3-10H2,1-2H3,(H2,16,17,19). The molecule has 19 heavy (non-hydrogen) atoms. The minimum atomic E-state index is -0.440. The van der Waals surface area contributed by atoms with Crippen LogP contribution in [0.1, 0.15) is 58.8 Å². The van der Waals surface area contributed by atoms with Crippen molar-refractivity contribution in [2.24, 2.45) is 11.8 Å². The largest absolute Gasteiger partial charge is 0.394 e. The van der Waals surface area contributed by atoms with Crippen molar-refractivity contribution in [1.82, 2.24) is 10.6 Å². The van der Waals surface area contributed by atoms with Gasteiger partial charge in [-0.2, -0.15) is 0 Å². The third kappa shape index (κ3) is 3.85. The van der Waals surface area contributed by atoms with Gasteiger partial charge in [-0.1, -0.05) is 13.3 Å². The van der Waals surface area contributed by atoms with Crippen molar-refractivity contribution >= 4 is 6.03 Å². The van der Waals surface area contributed by atoms with E-state index in [1.54, 1.807) is 0 Å². The van der Waals surface area contributed by atoms with Gasteiger partial charge in [0.25, 0.3) is 0 Å². The molecule has 0 bridgehead atoms. The smallest absolute Gasteiger partial charge is 0.315 e. The third-order valence-corrected chi connectivity index (χ3v) is 4.97. The van der Waals surface area contributed by atoms with Crippen LogP contribution < -0.4 is 10.6 Å². The summed E-state index contributed by atoms with van der Waals surface area (Å²) in [7, 11) is 0. The molecule has 2 aliphatic rings. The highest BCUT2D eigenvalue weighted by molar-refractivity contribution is 5.75. The molecular formula is C15H28N2O2. The molecule has 0 aromatic rings. The van der Waals surface area contributed by atoms with E-state index in [0.717, 1.165) is 31.6 Å². The van der Waals surface area contributed by atoms with Gasteiger partial charge < -0.3 is 15.7 Å². The first kappa shape index (κ1) is 14.6. The van der Waals surface area contributed by atoms with Crippen LogP contribution in [0.3, 0.4) is 0 Å². The van der Waals surface area contributed by atoms with Crippen LogP contribution >= 0.6 is 0 Å². The molecule has 0 aromatic heterocycles. The maximum absolute atomic E-state index is 12.0. The molecule has 2 rings (SSSR count). The Kier molecular flexibility index (Phi) is 4.71. The quantitative estimate of drug-likeness (QED) is 0.717. The lowest BCUT2D eigenvalue weighted by atomic mass is 9.84. The molecule has 4 nitrogen and oxygen atoms in total. The first-order valence-corrected chi connectivity index (χ1v) is 7.77. The lowest BCUT2D eigenvalue weighted by Gasteiger charge is -2.32. The number of hydrogen-bond acceptors (Lipinski definition) is 2. The molecule has 0 heterocycles. The van der Waals surface area contributed by atoms with E-state index in [4.69, 9.17) is 0 Å². The van der Waals surface area contributed by atoms with Crippen molar-refractivity contribution in [3.63, 3.8) is 0 Å². The third-order valence-electron chi connectivity index (χ3n) is 4.97. The van der Waals surface area contributed by atoms with Gasteiger partial charge in [0.1, 0.15) is 0 Å².